The number of amides is 1. The number of aromatic nitrogens is 1. The number of pyridine rings is 1. The number of carbonyl (C=O) groups excluding carboxylic acids is 1. The van der Waals surface area contributed by atoms with Crippen LogP contribution in [0.15, 0.2) is 67.0 Å². The fourth-order valence-corrected chi connectivity index (χ4v) is 3.05. The second-order valence-electron chi connectivity index (χ2n) is 6.35. The van der Waals surface area contributed by atoms with Gasteiger partial charge in [0.15, 0.2) is 0 Å². The summed E-state index contributed by atoms with van der Waals surface area (Å²) in [5.41, 5.74) is 5.61. The van der Waals surface area contributed by atoms with Crippen molar-refractivity contribution in [2.45, 2.75) is 20.8 Å². The number of carbonyl (C=O) groups is 1. The molecular formula is C22H23N3O. The molecule has 0 fully saturated rings. The molecule has 1 N–H and O–H groups in total. The zero-order chi connectivity index (χ0) is 18.5. The maximum absolute atomic E-state index is 12.9. The average Bonchev–Trinajstić information content (AvgIpc) is 2.62. The highest BCUT2D eigenvalue weighted by atomic mass is 16.2. The smallest absolute Gasteiger partial charge is 0.259 e. The SMILES string of the molecule is CCN(C(=O)c1cncc(Nc2cc(C)cc(C)c2)c1)c1ccccc1. The fourth-order valence-electron chi connectivity index (χ4n) is 3.05. The van der Waals surface area contributed by atoms with Gasteiger partial charge in [0.05, 0.1) is 17.4 Å². The number of hydrogen-bond donors (Lipinski definition) is 1. The van der Waals surface area contributed by atoms with Gasteiger partial charge in [-0.3, -0.25) is 9.78 Å². The van der Waals surface area contributed by atoms with Crippen molar-refractivity contribution in [2.75, 3.05) is 16.8 Å². The number of hydrogen-bond acceptors (Lipinski definition) is 3. The zero-order valence-corrected chi connectivity index (χ0v) is 15.4. The predicted molar refractivity (Wildman–Crippen MR) is 107 cm³/mol. The second kappa shape index (κ2) is 7.83. The van der Waals surface area contributed by atoms with E-state index in [9.17, 15) is 4.79 Å². The number of anilines is 3. The van der Waals surface area contributed by atoms with E-state index in [0.29, 0.717) is 12.1 Å². The van der Waals surface area contributed by atoms with Crippen LogP contribution >= 0.6 is 0 Å². The van der Waals surface area contributed by atoms with Crippen molar-refractivity contribution < 1.29 is 4.79 Å². The first-order chi connectivity index (χ1) is 12.6. The Balaban J connectivity index is 1.85. The van der Waals surface area contributed by atoms with Gasteiger partial charge in [0.25, 0.3) is 5.91 Å². The summed E-state index contributed by atoms with van der Waals surface area (Å²) in [5.74, 6) is -0.0599. The van der Waals surface area contributed by atoms with Crippen LogP contribution in [-0.4, -0.2) is 17.4 Å². The molecular weight excluding hydrogens is 322 g/mol. The Morgan fingerprint density at radius 2 is 1.65 bits per heavy atom. The molecule has 1 amide bonds. The van der Waals surface area contributed by atoms with E-state index in [4.69, 9.17) is 0 Å². The van der Waals surface area contributed by atoms with Crippen LogP contribution in [0.25, 0.3) is 0 Å². The molecule has 132 valence electrons. The Morgan fingerprint density at radius 3 is 2.31 bits per heavy atom. The van der Waals surface area contributed by atoms with Gasteiger partial charge in [-0.1, -0.05) is 24.3 Å². The van der Waals surface area contributed by atoms with Gasteiger partial charge >= 0.3 is 0 Å². The number of para-hydroxylation sites is 1. The van der Waals surface area contributed by atoms with E-state index in [1.807, 2.05) is 43.3 Å². The Bertz CT molecular complexity index is 886. The monoisotopic (exact) mass is 345 g/mol. The van der Waals surface area contributed by atoms with Crippen molar-refractivity contribution in [3.05, 3.63) is 83.7 Å². The molecule has 26 heavy (non-hydrogen) atoms. The molecule has 0 spiro atoms. The Hall–Kier alpha value is -3.14. The molecule has 1 aromatic heterocycles. The Kier molecular flexibility index (Phi) is 5.32. The molecule has 3 aromatic rings. The molecule has 0 bridgehead atoms. The summed E-state index contributed by atoms with van der Waals surface area (Å²) in [4.78, 5) is 18.9. The summed E-state index contributed by atoms with van der Waals surface area (Å²) in [7, 11) is 0. The van der Waals surface area contributed by atoms with E-state index >= 15 is 0 Å². The van der Waals surface area contributed by atoms with Crippen LogP contribution in [0.5, 0.6) is 0 Å². The van der Waals surface area contributed by atoms with Crippen molar-refractivity contribution >= 4 is 23.0 Å². The Morgan fingerprint density at radius 1 is 0.962 bits per heavy atom. The van der Waals surface area contributed by atoms with E-state index in [0.717, 1.165) is 17.1 Å². The second-order valence-corrected chi connectivity index (χ2v) is 6.35. The van der Waals surface area contributed by atoms with Crippen LogP contribution in [0.2, 0.25) is 0 Å². The van der Waals surface area contributed by atoms with Gasteiger partial charge in [-0.2, -0.15) is 0 Å². The maximum atomic E-state index is 12.9. The van der Waals surface area contributed by atoms with Crippen LogP contribution in [0.3, 0.4) is 0 Å². The van der Waals surface area contributed by atoms with Gasteiger partial charge < -0.3 is 10.2 Å². The number of benzene rings is 2. The predicted octanol–water partition coefficient (Wildman–Crippen LogP) is 5.11. The number of nitrogens with one attached hydrogen (secondary N) is 1. The zero-order valence-electron chi connectivity index (χ0n) is 15.4. The minimum absolute atomic E-state index is 0.0599. The van der Waals surface area contributed by atoms with Crippen LogP contribution in [0.1, 0.15) is 28.4 Å². The van der Waals surface area contributed by atoms with Gasteiger partial charge in [-0.15, -0.1) is 0 Å². The van der Waals surface area contributed by atoms with Crippen molar-refractivity contribution in [2.24, 2.45) is 0 Å². The van der Waals surface area contributed by atoms with E-state index in [2.05, 4.69) is 42.3 Å². The lowest BCUT2D eigenvalue weighted by Gasteiger charge is -2.21. The first-order valence-electron chi connectivity index (χ1n) is 8.74. The lowest BCUT2D eigenvalue weighted by molar-refractivity contribution is 0.0988. The first kappa shape index (κ1) is 17.7. The molecule has 1 heterocycles. The summed E-state index contributed by atoms with van der Waals surface area (Å²) >= 11 is 0. The molecule has 0 saturated carbocycles. The quantitative estimate of drug-likeness (QED) is 0.699. The van der Waals surface area contributed by atoms with Crippen LogP contribution < -0.4 is 10.2 Å². The van der Waals surface area contributed by atoms with E-state index in [1.165, 1.54) is 11.1 Å². The van der Waals surface area contributed by atoms with Gasteiger partial charge in [-0.25, -0.2) is 0 Å². The molecule has 0 radical (unpaired) electrons. The van der Waals surface area contributed by atoms with Gasteiger partial charge in [0.2, 0.25) is 0 Å². The standard InChI is InChI=1S/C22H23N3O/c1-4-25(21-8-6-5-7-9-21)22(26)18-13-20(15-23-14-18)24-19-11-16(2)10-17(3)12-19/h5-15,24H,4H2,1-3H3. The van der Waals surface area contributed by atoms with Crippen molar-refractivity contribution in [3.8, 4) is 0 Å². The molecule has 0 unspecified atom stereocenters. The molecule has 4 nitrogen and oxygen atoms in total. The fraction of sp³-hybridized carbons (Fsp3) is 0.182. The first-order valence-corrected chi connectivity index (χ1v) is 8.74. The maximum Gasteiger partial charge on any atom is 0.259 e. The largest absolute Gasteiger partial charge is 0.354 e. The lowest BCUT2D eigenvalue weighted by Crippen LogP contribution is -2.30. The highest BCUT2D eigenvalue weighted by Crippen LogP contribution is 2.21. The van der Waals surface area contributed by atoms with Crippen LogP contribution in [-0.2, 0) is 0 Å². The summed E-state index contributed by atoms with van der Waals surface area (Å²) in [6.45, 7) is 6.69. The third-order valence-corrected chi connectivity index (χ3v) is 4.12. The number of rotatable bonds is 5. The molecule has 0 aliphatic rings. The van der Waals surface area contributed by atoms with E-state index in [1.54, 1.807) is 17.3 Å². The van der Waals surface area contributed by atoms with Gasteiger partial charge in [0.1, 0.15) is 0 Å². The molecule has 0 aliphatic heterocycles. The molecule has 0 saturated heterocycles. The molecule has 2 aromatic carbocycles. The lowest BCUT2D eigenvalue weighted by atomic mass is 10.1. The summed E-state index contributed by atoms with van der Waals surface area (Å²) in [6, 6.07) is 17.8. The third-order valence-electron chi connectivity index (χ3n) is 4.12. The topological polar surface area (TPSA) is 45.2 Å². The minimum Gasteiger partial charge on any atom is -0.354 e. The normalized spacial score (nSPS) is 10.4. The summed E-state index contributed by atoms with van der Waals surface area (Å²) < 4.78 is 0. The average molecular weight is 345 g/mol. The van der Waals surface area contributed by atoms with Crippen molar-refractivity contribution in [1.82, 2.24) is 4.98 Å². The molecule has 0 atom stereocenters. The third kappa shape index (κ3) is 4.09. The van der Waals surface area contributed by atoms with Gasteiger partial charge in [-0.05, 0) is 62.2 Å². The molecule has 4 heteroatoms. The molecule has 3 rings (SSSR count). The minimum atomic E-state index is -0.0599. The van der Waals surface area contributed by atoms with Crippen molar-refractivity contribution in [1.29, 1.82) is 0 Å². The van der Waals surface area contributed by atoms with Gasteiger partial charge in [0, 0.05) is 24.1 Å². The highest BCUT2D eigenvalue weighted by molar-refractivity contribution is 6.06. The molecule has 0 aliphatic carbocycles. The highest BCUT2D eigenvalue weighted by Gasteiger charge is 2.16. The van der Waals surface area contributed by atoms with Crippen molar-refractivity contribution in [3.63, 3.8) is 0 Å². The summed E-state index contributed by atoms with van der Waals surface area (Å²) in [6.07, 6.45) is 3.34. The van der Waals surface area contributed by atoms with Crippen LogP contribution in [0.4, 0.5) is 17.1 Å². The summed E-state index contributed by atoms with van der Waals surface area (Å²) in [5, 5.41) is 3.34. The number of aryl methyl sites for hydroxylation is 2. The Labute approximate surface area is 154 Å². The number of nitrogens with zero attached hydrogens (tertiary/aromatic N) is 2. The van der Waals surface area contributed by atoms with Crippen LogP contribution in [0, 0.1) is 13.8 Å². The van der Waals surface area contributed by atoms with E-state index < -0.39 is 0 Å². The van der Waals surface area contributed by atoms with E-state index in [-0.39, 0.29) is 5.91 Å².